The van der Waals surface area contributed by atoms with Gasteiger partial charge in [0.15, 0.2) is 0 Å². The first-order valence-electron chi connectivity index (χ1n) is 9.60. The number of nitrogens with zero attached hydrogens (tertiary/aromatic N) is 5. The molecule has 0 N–H and O–H groups in total. The normalized spacial score (nSPS) is 25.7. The van der Waals surface area contributed by atoms with Gasteiger partial charge in [-0.3, -0.25) is 9.69 Å². The van der Waals surface area contributed by atoms with E-state index in [1.807, 2.05) is 19.3 Å². The highest BCUT2D eigenvalue weighted by atomic mass is 16.1. The maximum atomic E-state index is 11.5. The van der Waals surface area contributed by atoms with E-state index in [-0.39, 0.29) is 5.56 Å². The first-order valence-corrected chi connectivity index (χ1v) is 9.60. The summed E-state index contributed by atoms with van der Waals surface area (Å²) in [7, 11) is 1.82. The number of anilines is 1. The summed E-state index contributed by atoms with van der Waals surface area (Å²) in [6.45, 7) is 5.38. The van der Waals surface area contributed by atoms with E-state index in [4.69, 9.17) is 0 Å². The number of likely N-dealkylation sites (tertiary alicyclic amines) is 1. The predicted octanol–water partition coefficient (Wildman–Crippen LogP) is 1.62. The number of aromatic nitrogens is 3. The molecule has 26 heavy (non-hydrogen) atoms. The molecular weight excluding hydrogens is 326 g/mol. The predicted molar refractivity (Wildman–Crippen MR) is 100 cm³/mol. The molecule has 2 saturated heterocycles. The summed E-state index contributed by atoms with van der Waals surface area (Å²) in [5, 5.41) is 0. The van der Waals surface area contributed by atoms with Gasteiger partial charge in [0, 0.05) is 69.7 Å². The molecule has 0 spiro atoms. The van der Waals surface area contributed by atoms with E-state index in [1.165, 1.54) is 24.1 Å². The summed E-state index contributed by atoms with van der Waals surface area (Å²) in [6.07, 6.45) is 6.26. The number of aryl methyl sites for hydroxylation is 1. The zero-order valence-electron chi connectivity index (χ0n) is 15.2. The van der Waals surface area contributed by atoms with Crippen LogP contribution in [0.1, 0.15) is 30.0 Å². The Hall–Kier alpha value is -2.21. The molecule has 0 aromatic carbocycles. The molecule has 2 aromatic rings. The molecule has 3 fully saturated rings. The highest BCUT2D eigenvalue weighted by Gasteiger charge is 2.40. The quantitative estimate of drug-likeness (QED) is 0.838. The van der Waals surface area contributed by atoms with Crippen LogP contribution < -0.4 is 10.5 Å². The van der Waals surface area contributed by atoms with Gasteiger partial charge in [-0.1, -0.05) is 6.07 Å². The first kappa shape index (κ1) is 16.0. The van der Waals surface area contributed by atoms with Crippen LogP contribution in [0, 0.1) is 11.8 Å². The highest BCUT2D eigenvalue weighted by Crippen LogP contribution is 2.40. The van der Waals surface area contributed by atoms with Gasteiger partial charge >= 0.3 is 0 Å². The first-order chi connectivity index (χ1) is 12.7. The third-order valence-electron chi connectivity index (χ3n) is 6.11. The van der Waals surface area contributed by atoms with Crippen LogP contribution in [0.4, 0.5) is 5.82 Å². The van der Waals surface area contributed by atoms with Crippen LogP contribution in [0.3, 0.4) is 0 Å². The third kappa shape index (κ3) is 3.03. The lowest BCUT2D eigenvalue weighted by Crippen LogP contribution is -2.29. The fourth-order valence-electron chi connectivity index (χ4n) is 4.55. The molecule has 6 nitrogen and oxygen atoms in total. The van der Waals surface area contributed by atoms with Crippen molar-refractivity contribution in [3.8, 4) is 0 Å². The van der Waals surface area contributed by atoms with Gasteiger partial charge < -0.3 is 9.47 Å². The average molecular weight is 351 g/mol. The lowest BCUT2D eigenvalue weighted by Gasteiger charge is -2.22. The van der Waals surface area contributed by atoms with Gasteiger partial charge in [0.05, 0.1) is 0 Å². The van der Waals surface area contributed by atoms with Crippen LogP contribution in [0.15, 0.2) is 35.5 Å². The molecule has 4 heterocycles. The van der Waals surface area contributed by atoms with Crippen LogP contribution in [-0.2, 0) is 13.6 Å². The molecule has 2 aromatic heterocycles. The Kier molecular flexibility index (Phi) is 3.81. The van der Waals surface area contributed by atoms with E-state index in [2.05, 4.69) is 25.8 Å². The van der Waals surface area contributed by atoms with Crippen LogP contribution >= 0.6 is 0 Å². The molecule has 0 radical (unpaired) electrons. The number of pyridine rings is 1. The molecule has 1 saturated carbocycles. The van der Waals surface area contributed by atoms with E-state index in [9.17, 15) is 4.79 Å². The molecule has 6 heteroatoms. The Bertz CT molecular complexity index is 861. The van der Waals surface area contributed by atoms with Crippen LogP contribution in [0.2, 0.25) is 0 Å². The van der Waals surface area contributed by atoms with Gasteiger partial charge in [-0.2, -0.15) is 0 Å². The fourth-order valence-corrected chi connectivity index (χ4v) is 4.55. The van der Waals surface area contributed by atoms with Crippen molar-refractivity contribution in [2.45, 2.75) is 25.3 Å². The molecule has 2 aliphatic heterocycles. The second-order valence-corrected chi connectivity index (χ2v) is 8.18. The minimum Gasteiger partial charge on any atom is -0.356 e. The van der Waals surface area contributed by atoms with E-state index < -0.39 is 0 Å². The number of hydrogen-bond acceptors (Lipinski definition) is 5. The van der Waals surface area contributed by atoms with Crippen molar-refractivity contribution < 1.29 is 0 Å². The second-order valence-electron chi connectivity index (χ2n) is 8.18. The Morgan fingerprint density at radius 3 is 2.54 bits per heavy atom. The van der Waals surface area contributed by atoms with E-state index >= 15 is 0 Å². The Morgan fingerprint density at radius 2 is 1.85 bits per heavy atom. The van der Waals surface area contributed by atoms with Gasteiger partial charge in [0.1, 0.15) is 12.1 Å². The Labute approximate surface area is 153 Å². The van der Waals surface area contributed by atoms with Gasteiger partial charge in [0.2, 0.25) is 5.56 Å². The Balaban J connectivity index is 1.22. The van der Waals surface area contributed by atoms with Gasteiger partial charge in [0.25, 0.3) is 0 Å². The number of hydrogen-bond donors (Lipinski definition) is 0. The summed E-state index contributed by atoms with van der Waals surface area (Å²) >= 11 is 0. The smallest absolute Gasteiger partial charge is 0.250 e. The Morgan fingerprint density at radius 1 is 1.08 bits per heavy atom. The summed E-state index contributed by atoms with van der Waals surface area (Å²) in [5.74, 6) is 3.21. The van der Waals surface area contributed by atoms with Crippen LogP contribution in [-0.4, -0.2) is 45.6 Å². The summed E-state index contributed by atoms with van der Waals surface area (Å²) in [6, 6.07) is 5.84. The SMILES string of the molecule is Cn1cc(CN2CC3CN(c4cc(C5CC5)ncn4)CC3C2)ccc1=O. The summed E-state index contributed by atoms with van der Waals surface area (Å²) in [5.41, 5.74) is 2.50. The lowest BCUT2D eigenvalue weighted by atomic mass is 10.0. The van der Waals surface area contributed by atoms with Crippen LogP contribution in [0.5, 0.6) is 0 Å². The molecule has 0 bridgehead atoms. The number of rotatable bonds is 4. The van der Waals surface area contributed by atoms with Crippen molar-refractivity contribution in [1.82, 2.24) is 19.4 Å². The average Bonchev–Trinajstić information content (AvgIpc) is 3.31. The van der Waals surface area contributed by atoms with Gasteiger partial charge in [-0.25, -0.2) is 9.97 Å². The zero-order chi connectivity index (χ0) is 17.7. The molecule has 5 rings (SSSR count). The maximum absolute atomic E-state index is 11.5. The van der Waals surface area contributed by atoms with Crippen LogP contribution in [0.25, 0.3) is 0 Å². The monoisotopic (exact) mass is 351 g/mol. The van der Waals surface area contributed by atoms with E-state index in [0.717, 1.165) is 38.5 Å². The van der Waals surface area contributed by atoms with E-state index in [0.29, 0.717) is 17.8 Å². The summed E-state index contributed by atoms with van der Waals surface area (Å²) < 4.78 is 1.67. The van der Waals surface area contributed by atoms with Crippen molar-refractivity contribution >= 4 is 5.82 Å². The molecule has 3 aliphatic rings. The lowest BCUT2D eigenvalue weighted by molar-refractivity contribution is 0.308. The minimum atomic E-state index is 0.0538. The topological polar surface area (TPSA) is 54.3 Å². The number of fused-ring (bicyclic) bond motifs is 1. The molecular formula is C20H25N5O. The van der Waals surface area contributed by atoms with Crippen molar-refractivity contribution in [1.29, 1.82) is 0 Å². The molecule has 1 aliphatic carbocycles. The molecule has 0 amide bonds. The maximum Gasteiger partial charge on any atom is 0.250 e. The van der Waals surface area contributed by atoms with Gasteiger partial charge in [-0.05, 0) is 30.2 Å². The third-order valence-corrected chi connectivity index (χ3v) is 6.11. The second kappa shape index (κ2) is 6.20. The minimum absolute atomic E-state index is 0.0538. The summed E-state index contributed by atoms with van der Waals surface area (Å²) in [4.78, 5) is 25.5. The highest BCUT2D eigenvalue weighted by molar-refractivity contribution is 5.42. The van der Waals surface area contributed by atoms with Crippen molar-refractivity contribution in [3.05, 3.63) is 52.3 Å². The molecule has 136 valence electrons. The standard InChI is InChI=1S/C20H25N5O/c1-23-7-14(2-5-20(23)26)8-24-9-16-11-25(12-17(16)10-24)19-6-18(15-3-4-15)21-13-22-19/h2,5-7,13,15-17H,3-4,8-12H2,1H3. The van der Waals surface area contributed by atoms with Crippen molar-refractivity contribution in [3.63, 3.8) is 0 Å². The fraction of sp³-hybridized carbons (Fsp3) is 0.550. The van der Waals surface area contributed by atoms with Gasteiger partial charge in [-0.15, -0.1) is 0 Å². The largest absolute Gasteiger partial charge is 0.356 e. The zero-order valence-corrected chi connectivity index (χ0v) is 15.2. The van der Waals surface area contributed by atoms with Crippen molar-refractivity contribution in [2.24, 2.45) is 18.9 Å². The van der Waals surface area contributed by atoms with E-state index in [1.54, 1.807) is 17.0 Å². The van der Waals surface area contributed by atoms with Crippen molar-refractivity contribution in [2.75, 3.05) is 31.1 Å². The molecule has 2 unspecified atom stereocenters. The molecule has 2 atom stereocenters.